The van der Waals surface area contributed by atoms with Crippen molar-refractivity contribution < 1.29 is 17.7 Å². The van der Waals surface area contributed by atoms with E-state index in [1.807, 2.05) is 38.7 Å². The molecule has 2 aromatic rings. The van der Waals surface area contributed by atoms with E-state index in [2.05, 4.69) is 25.5 Å². The molecule has 2 N–H and O–H groups in total. The lowest BCUT2D eigenvalue weighted by Gasteiger charge is -2.32. The van der Waals surface area contributed by atoms with E-state index in [-0.39, 0.29) is 6.54 Å². The van der Waals surface area contributed by atoms with Gasteiger partial charge in [0.25, 0.3) is 0 Å². The molecule has 0 amide bonds. The van der Waals surface area contributed by atoms with E-state index in [4.69, 9.17) is 16.3 Å². The molecule has 2 aliphatic heterocycles. The smallest absolute Gasteiger partial charge is 0.244 e. The third-order valence-corrected chi connectivity index (χ3v) is 12.7. The first-order chi connectivity index (χ1) is 18.6. The molecule has 0 bridgehead atoms. The van der Waals surface area contributed by atoms with Crippen molar-refractivity contribution in [1.29, 1.82) is 0 Å². The van der Waals surface area contributed by atoms with Crippen LogP contribution in [0, 0.1) is 0 Å². The van der Waals surface area contributed by atoms with Crippen LogP contribution in [0.4, 0.5) is 11.4 Å². The monoisotopic (exact) mass is 614 g/mol. The molecule has 1 fully saturated rings. The fraction of sp³-hybridized carbons (Fsp3) is 0.520. The SMILES string of the molecule is CCN(CC)S(=O)(=O)c1ccsc1CNC1=NCC(Cl)C(Nc2ccc(N3CCP(C)(=O)CC3)cc2OC)=N1. The minimum atomic E-state index is -3.56. The normalized spacial score (nSPS) is 19.4. The van der Waals surface area contributed by atoms with Crippen LogP contribution in [0.15, 0.2) is 44.5 Å². The Balaban J connectivity index is 1.46. The van der Waals surface area contributed by atoms with Crippen LogP contribution in [0.5, 0.6) is 5.75 Å². The van der Waals surface area contributed by atoms with Gasteiger partial charge in [0.05, 0.1) is 37.9 Å². The maximum atomic E-state index is 13.0. The zero-order chi connectivity index (χ0) is 28.2. The van der Waals surface area contributed by atoms with Crippen LogP contribution >= 0.6 is 30.1 Å². The quantitative estimate of drug-likeness (QED) is 0.322. The lowest BCUT2D eigenvalue weighted by Crippen LogP contribution is -2.36. The number of aliphatic imine (C=N–C) groups is 2. The number of sulfonamides is 1. The van der Waals surface area contributed by atoms with Gasteiger partial charge in [-0.25, -0.2) is 13.4 Å². The van der Waals surface area contributed by atoms with Gasteiger partial charge in [0, 0.05) is 55.1 Å². The second-order valence-electron chi connectivity index (χ2n) is 9.52. The summed E-state index contributed by atoms with van der Waals surface area (Å²) in [6.07, 6.45) is 1.42. The summed E-state index contributed by atoms with van der Waals surface area (Å²) in [5.74, 6) is 1.54. The standard InChI is InChI=1S/C25H36ClN6O4PS2/c1-5-32(6-2)39(34,35)23-9-14-38-22(23)17-28-25-27-16-19(26)24(30-25)29-20-8-7-18(15-21(20)36-3)31-10-12-37(4,33)13-11-31/h7-9,14-15,19H,5-6,10-13,16-17H2,1-4H3,(H2,27,28,29,30). The maximum absolute atomic E-state index is 13.0. The molecule has 1 atom stereocenters. The van der Waals surface area contributed by atoms with Crippen molar-refractivity contribution in [2.75, 3.05) is 69.0 Å². The summed E-state index contributed by atoms with van der Waals surface area (Å²) < 4.78 is 45.5. The third kappa shape index (κ3) is 6.97. The van der Waals surface area contributed by atoms with Crippen LogP contribution in [0.25, 0.3) is 0 Å². The summed E-state index contributed by atoms with van der Waals surface area (Å²) in [6.45, 7) is 8.46. The molecule has 14 heteroatoms. The van der Waals surface area contributed by atoms with Gasteiger partial charge in [0.2, 0.25) is 16.0 Å². The molecule has 1 aromatic carbocycles. The van der Waals surface area contributed by atoms with Crippen molar-refractivity contribution in [3.63, 3.8) is 0 Å². The van der Waals surface area contributed by atoms with Gasteiger partial charge in [-0.1, -0.05) is 13.8 Å². The topological polar surface area (TPSA) is 116 Å². The number of guanidine groups is 1. The summed E-state index contributed by atoms with van der Waals surface area (Å²) in [6, 6.07) is 7.53. The molecule has 4 rings (SSSR count). The van der Waals surface area contributed by atoms with E-state index < -0.39 is 22.5 Å². The fourth-order valence-electron chi connectivity index (χ4n) is 4.49. The van der Waals surface area contributed by atoms with Gasteiger partial charge in [-0.2, -0.15) is 9.30 Å². The van der Waals surface area contributed by atoms with E-state index in [1.54, 1.807) is 18.6 Å². The summed E-state index contributed by atoms with van der Waals surface area (Å²) in [5.41, 5.74) is 1.73. The van der Waals surface area contributed by atoms with Gasteiger partial charge in [-0.3, -0.25) is 0 Å². The van der Waals surface area contributed by atoms with Gasteiger partial charge in [-0.15, -0.1) is 22.9 Å². The number of nitrogens with one attached hydrogen (secondary N) is 2. The van der Waals surface area contributed by atoms with E-state index in [0.717, 1.165) is 24.5 Å². The number of hydrogen-bond acceptors (Lipinski definition) is 10. The molecule has 0 spiro atoms. The molecule has 10 nitrogen and oxygen atoms in total. The number of alkyl halides is 1. The molecule has 0 aliphatic carbocycles. The van der Waals surface area contributed by atoms with Gasteiger partial charge < -0.3 is 24.8 Å². The number of halogens is 1. The number of amidine groups is 1. The summed E-state index contributed by atoms with van der Waals surface area (Å²) in [4.78, 5) is 12.2. The second kappa shape index (κ2) is 12.6. The van der Waals surface area contributed by atoms with Gasteiger partial charge in [-0.05, 0) is 30.2 Å². The van der Waals surface area contributed by atoms with E-state index in [1.165, 1.54) is 15.6 Å². The number of rotatable bonds is 9. The fourth-order valence-corrected chi connectivity index (χ4v) is 9.03. The van der Waals surface area contributed by atoms with E-state index in [9.17, 15) is 13.0 Å². The molecular formula is C25H36ClN6O4PS2. The van der Waals surface area contributed by atoms with Crippen LogP contribution < -0.4 is 20.3 Å². The Hall–Kier alpha value is -2.11. The van der Waals surface area contributed by atoms with Crippen LogP contribution in [-0.2, 0) is 21.1 Å². The Morgan fingerprint density at radius 1 is 1.23 bits per heavy atom. The number of anilines is 2. The molecule has 39 heavy (non-hydrogen) atoms. The van der Waals surface area contributed by atoms with Gasteiger partial charge in [0.1, 0.15) is 17.0 Å². The average Bonchev–Trinajstić information content (AvgIpc) is 3.40. The number of nitrogens with zero attached hydrogens (tertiary/aromatic N) is 4. The highest BCUT2D eigenvalue weighted by atomic mass is 35.5. The molecule has 3 heterocycles. The van der Waals surface area contributed by atoms with Crippen molar-refractivity contribution in [3.05, 3.63) is 34.5 Å². The first-order valence-corrected chi connectivity index (χ1v) is 18.2. The van der Waals surface area contributed by atoms with Gasteiger partial charge >= 0.3 is 0 Å². The number of hydrogen-bond donors (Lipinski definition) is 2. The zero-order valence-electron chi connectivity index (χ0n) is 22.7. The number of thiophene rings is 1. The summed E-state index contributed by atoms with van der Waals surface area (Å²) in [7, 11) is -3.97. The predicted molar refractivity (Wildman–Crippen MR) is 163 cm³/mol. The van der Waals surface area contributed by atoms with Crippen LogP contribution in [0.1, 0.15) is 18.7 Å². The zero-order valence-corrected chi connectivity index (χ0v) is 26.0. The Morgan fingerprint density at radius 2 is 1.95 bits per heavy atom. The number of ether oxygens (including phenoxy) is 1. The van der Waals surface area contributed by atoms with Crippen LogP contribution in [0.3, 0.4) is 0 Å². The van der Waals surface area contributed by atoms with Crippen LogP contribution in [0.2, 0.25) is 0 Å². The minimum absolute atomic E-state index is 0.272. The largest absolute Gasteiger partial charge is 0.494 e. The molecule has 214 valence electrons. The molecule has 1 aromatic heterocycles. The third-order valence-electron chi connectivity index (χ3n) is 6.86. The lowest BCUT2D eigenvalue weighted by molar-refractivity contribution is 0.417. The second-order valence-corrected chi connectivity index (χ2v) is 16.4. The van der Waals surface area contributed by atoms with E-state index in [0.29, 0.717) is 59.3 Å². The van der Waals surface area contributed by atoms with Crippen LogP contribution in [-0.4, -0.2) is 88.7 Å². The highest BCUT2D eigenvalue weighted by Gasteiger charge is 2.27. The summed E-state index contributed by atoms with van der Waals surface area (Å²) in [5, 5.41) is 7.78. The maximum Gasteiger partial charge on any atom is 0.244 e. The first kappa shape index (κ1) is 29.9. The Labute approximate surface area is 239 Å². The summed E-state index contributed by atoms with van der Waals surface area (Å²) >= 11 is 7.91. The molecule has 1 saturated heterocycles. The molecule has 0 saturated carbocycles. The van der Waals surface area contributed by atoms with Crippen molar-refractivity contribution in [3.8, 4) is 5.75 Å². The minimum Gasteiger partial charge on any atom is -0.494 e. The highest BCUT2D eigenvalue weighted by Crippen LogP contribution is 2.44. The number of benzene rings is 1. The van der Waals surface area contributed by atoms with Crippen molar-refractivity contribution in [1.82, 2.24) is 9.62 Å². The Bertz CT molecular complexity index is 1380. The van der Waals surface area contributed by atoms with E-state index >= 15 is 0 Å². The number of methoxy groups -OCH3 is 1. The molecular weight excluding hydrogens is 579 g/mol. The average molecular weight is 615 g/mol. The predicted octanol–water partition coefficient (Wildman–Crippen LogP) is 4.18. The first-order valence-electron chi connectivity index (χ1n) is 12.9. The Morgan fingerprint density at radius 3 is 2.62 bits per heavy atom. The molecule has 0 radical (unpaired) electrons. The van der Waals surface area contributed by atoms with Crippen molar-refractivity contribution >= 4 is 63.3 Å². The Kier molecular flexibility index (Phi) is 9.65. The lowest BCUT2D eigenvalue weighted by atomic mass is 10.2. The van der Waals surface area contributed by atoms with Gasteiger partial charge in [0.15, 0.2) is 0 Å². The molecule has 1 unspecified atom stereocenters. The highest BCUT2D eigenvalue weighted by molar-refractivity contribution is 7.89. The van der Waals surface area contributed by atoms with Crippen molar-refractivity contribution in [2.24, 2.45) is 9.98 Å². The van der Waals surface area contributed by atoms with Crippen molar-refractivity contribution in [2.45, 2.75) is 30.7 Å². The molecule has 2 aliphatic rings.